The van der Waals surface area contributed by atoms with Crippen LogP contribution in [0.2, 0.25) is 0 Å². The molecule has 23 heavy (non-hydrogen) atoms. The van der Waals surface area contributed by atoms with Gasteiger partial charge in [-0.1, -0.05) is 42.5 Å². The Labute approximate surface area is 135 Å². The number of nitrogens with one attached hydrogen (secondary N) is 2. The molecule has 1 aliphatic carbocycles. The van der Waals surface area contributed by atoms with Crippen molar-refractivity contribution in [2.45, 2.75) is 32.4 Å². The molecule has 3 nitrogen and oxygen atoms in total. The Morgan fingerprint density at radius 1 is 1.22 bits per heavy atom. The van der Waals surface area contributed by atoms with Gasteiger partial charge in [-0.25, -0.2) is 9.18 Å². The van der Waals surface area contributed by atoms with E-state index in [1.807, 2.05) is 36.4 Å². The molecule has 2 N–H and O–H groups in total. The molecule has 4 heteroatoms. The molecule has 3 rings (SSSR count). The number of aryl methyl sites for hydroxylation is 1. The van der Waals surface area contributed by atoms with E-state index >= 15 is 0 Å². The zero-order chi connectivity index (χ0) is 16.2. The van der Waals surface area contributed by atoms with Gasteiger partial charge < -0.3 is 10.6 Å². The summed E-state index contributed by atoms with van der Waals surface area (Å²) in [6.45, 7) is 2.04. The summed E-state index contributed by atoms with van der Waals surface area (Å²) in [6.07, 6.45) is 2.28. The summed E-state index contributed by atoms with van der Waals surface area (Å²) >= 11 is 0. The molecule has 0 spiro atoms. The lowest BCUT2D eigenvalue weighted by atomic mass is 10.0. The van der Waals surface area contributed by atoms with Gasteiger partial charge in [0, 0.05) is 6.54 Å². The van der Waals surface area contributed by atoms with Crippen molar-refractivity contribution in [3.63, 3.8) is 0 Å². The molecule has 1 atom stereocenters. The number of hydrogen-bond acceptors (Lipinski definition) is 1. The molecule has 0 radical (unpaired) electrons. The fourth-order valence-corrected chi connectivity index (χ4v) is 2.68. The molecular formula is C19H21FN2O. The fourth-order valence-electron chi connectivity index (χ4n) is 2.68. The molecule has 2 aromatic rings. The van der Waals surface area contributed by atoms with Crippen LogP contribution in [0.5, 0.6) is 0 Å². The standard InChI is InChI=1S/C19H21FN2O/c1-13-7-8-14(11-17(13)20)12-21-19(23)22-18(16-9-10-16)15-5-3-2-4-6-15/h2-8,11,16,18H,9-10,12H2,1H3,(H2,21,22,23). The first-order chi connectivity index (χ1) is 11.1. The van der Waals surface area contributed by atoms with Gasteiger partial charge in [-0.3, -0.25) is 0 Å². The SMILES string of the molecule is Cc1ccc(CNC(=O)NC(c2ccccc2)C2CC2)cc1F. The van der Waals surface area contributed by atoms with Crippen LogP contribution in [0.15, 0.2) is 48.5 Å². The molecule has 0 heterocycles. The number of halogens is 1. The molecule has 0 aliphatic heterocycles. The second kappa shape index (κ2) is 6.82. The Balaban J connectivity index is 1.58. The molecule has 120 valence electrons. The fraction of sp³-hybridized carbons (Fsp3) is 0.316. The van der Waals surface area contributed by atoms with E-state index in [9.17, 15) is 9.18 Å². The molecule has 1 unspecified atom stereocenters. The molecule has 1 saturated carbocycles. The van der Waals surface area contributed by atoms with E-state index in [-0.39, 0.29) is 17.9 Å². The van der Waals surface area contributed by atoms with Crippen LogP contribution in [0.1, 0.15) is 35.6 Å². The maximum atomic E-state index is 13.5. The highest BCUT2D eigenvalue weighted by Gasteiger charge is 2.33. The predicted molar refractivity (Wildman–Crippen MR) is 88.4 cm³/mol. The topological polar surface area (TPSA) is 41.1 Å². The zero-order valence-corrected chi connectivity index (χ0v) is 13.2. The minimum Gasteiger partial charge on any atom is -0.334 e. The first kappa shape index (κ1) is 15.5. The largest absolute Gasteiger partial charge is 0.334 e. The Bertz CT molecular complexity index is 683. The van der Waals surface area contributed by atoms with Crippen molar-refractivity contribution in [2.75, 3.05) is 0 Å². The van der Waals surface area contributed by atoms with Gasteiger partial charge in [0.25, 0.3) is 0 Å². The summed E-state index contributed by atoms with van der Waals surface area (Å²) in [4.78, 5) is 12.2. The number of amides is 2. The average molecular weight is 312 g/mol. The number of urea groups is 1. The summed E-state index contributed by atoms with van der Waals surface area (Å²) < 4.78 is 13.5. The van der Waals surface area contributed by atoms with E-state index in [2.05, 4.69) is 10.6 Å². The van der Waals surface area contributed by atoms with Crippen LogP contribution in [0.3, 0.4) is 0 Å². The van der Waals surface area contributed by atoms with Crippen LogP contribution in [0.25, 0.3) is 0 Å². The van der Waals surface area contributed by atoms with Crippen molar-refractivity contribution in [1.29, 1.82) is 0 Å². The normalized spacial score (nSPS) is 15.0. The summed E-state index contributed by atoms with van der Waals surface area (Å²) in [7, 11) is 0. The Morgan fingerprint density at radius 3 is 2.61 bits per heavy atom. The highest BCUT2D eigenvalue weighted by atomic mass is 19.1. The minimum absolute atomic E-state index is 0.0472. The van der Waals surface area contributed by atoms with Crippen molar-refractivity contribution in [2.24, 2.45) is 5.92 Å². The number of carbonyl (C=O) groups is 1. The van der Waals surface area contributed by atoms with Crippen LogP contribution in [-0.2, 0) is 6.54 Å². The van der Waals surface area contributed by atoms with Crippen molar-refractivity contribution in [3.05, 3.63) is 71.0 Å². The van der Waals surface area contributed by atoms with Gasteiger partial charge in [0.15, 0.2) is 0 Å². The number of rotatable bonds is 5. The predicted octanol–water partition coefficient (Wildman–Crippen LogP) is 4.08. The van der Waals surface area contributed by atoms with Gasteiger partial charge in [0.05, 0.1) is 6.04 Å². The van der Waals surface area contributed by atoms with E-state index in [1.54, 1.807) is 13.0 Å². The Morgan fingerprint density at radius 2 is 1.96 bits per heavy atom. The number of benzene rings is 2. The Hall–Kier alpha value is -2.36. The van der Waals surface area contributed by atoms with E-state index in [1.165, 1.54) is 6.07 Å². The lowest BCUT2D eigenvalue weighted by Crippen LogP contribution is -2.38. The molecule has 1 fully saturated rings. The maximum absolute atomic E-state index is 13.5. The van der Waals surface area contributed by atoms with Gasteiger partial charge in [0.2, 0.25) is 0 Å². The van der Waals surface area contributed by atoms with Gasteiger partial charge in [0.1, 0.15) is 5.82 Å². The van der Waals surface area contributed by atoms with Gasteiger partial charge >= 0.3 is 6.03 Å². The van der Waals surface area contributed by atoms with Crippen molar-refractivity contribution in [3.8, 4) is 0 Å². The molecule has 2 aromatic carbocycles. The molecule has 0 aromatic heterocycles. The van der Waals surface area contributed by atoms with Crippen molar-refractivity contribution in [1.82, 2.24) is 10.6 Å². The second-order valence-corrected chi connectivity index (χ2v) is 6.14. The van der Waals surface area contributed by atoms with Crippen molar-refractivity contribution >= 4 is 6.03 Å². The van der Waals surface area contributed by atoms with Gasteiger partial charge in [-0.2, -0.15) is 0 Å². The molecule has 0 saturated heterocycles. The third-order valence-electron chi connectivity index (χ3n) is 4.23. The zero-order valence-electron chi connectivity index (χ0n) is 13.2. The summed E-state index contributed by atoms with van der Waals surface area (Å²) in [6, 6.07) is 14.9. The van der Waals surface area contributed by atoms with E-state index in [0.717, 1.165) is 24.0 Å². The quantitative estimate of drug-likeness (QED) is 0.858. The minimum atomic E-state index is -0.246. The Kier molecular flexibility index (Phi) is 4.60. The van der Waals surface area contributed by atoms with Gasteiger partial charge in [-0.15, -0.1) is 0 Å². The van der Waals surface area contributed by atoms with Crippen LogP contribution in [0.4, 0.5) is 9.18 Å². The summed E-state index contributed by atoms with van der Waals surface area (Å²) in [5, 5.41) is 5.86. The summed E-state index contributed by atoms with van der Waals surface area (Å²) in [5.41, 5.74) is 2.49. The van der Waals surface area contributed by atoms with Crippen molar-refractivity contribution < 1.29 is 9.18 Å². The van der Waals surface area contributed by atoms with Crippen LogP contribution >= 0.6 is 0 Å². The maximum Gasteiger partial charge on any atom is 0.315 e. The molecule has 0 bridgehead atoms. The summed E-state index contributed by atoms with van der Waals surface area (Å²) in [5.74, 6) is 0.268. The second-order valence-electron chi connectivity index (χ2n) is 6.14. The van der Waals surface area contributed by atoms with Gasteiger partial charge in [-0.05, 0) is 48.4 Å². The monoisotopic (exact) mass is 312 g/mol. The first-order valence-electron chi connectivity index (χ1n) is 7.98. The van der Waals surface area contributed by atoms with Crippen LogP contribution in [-0.4, -0.2) is 6.03 Å². The van der Waals surface area contributed by atoms with E-state index < -0.39 is 0 Å². The highest BCUT2D eigenvalue weighted by molar-refractivity contribution is 5.74. The van der Waals surface area contributed by atoms with E-state index in [4.69, 9.17) is 0 Å². The first-order valence-corrected chi connectivity index (χ1v) is 7.98. The average Bonchev–Trinajstić information content (AvgIpc) is 3.39. The van der Waals surface area contributed by atoms with Crippen LogP contribution in [0, 0.1) is 18.7 Å². The smallest absolute Gasteiger partial charge is 0.315 e. The third kappa shape index (κ3) is 4.09. The third-order valence-corrected chi connectivity index (χ3v) is 4.23. The molecule has 1 aliphatic rings. The van der Waals surface area contributed by atoms with Crippen LogP contribution < -0.4 is 10.6 Å². The highest BCUT2D eigenvalue weighted by Crippen LogP contribution is 2.40. The molecular weight excluding hydrogens is 291 g/mol. The van der Waals surface area contributed by atoms with E-state index in [0.29, 0.717) is 18.0 Å². The lowest BCUT2D eigenvalue weighted by Gasteiger charge is -2.19. The molecule has 2 amide bonds. The number of carbonyl (C=O) groups excluding carboxylic acids is 1. The number of hydrogen-bond donors (Lipinski definition) is 2. The lowest BCUT2D eigenvalue weighted by molar-refractivity contribution is 0.235.